The molecule has 0 aliphatic heterocycles. The zero-order valence-corrected chi connectivity index (χ0v) is 32.9. The lowest BCUT2D eigenvalue weighted by molar-refractivity contribution is 0.673. The second-order valence-electron chi connectivity index (χ2n) is 15.3. The van der Waals surface area contributed by atoms with E-state index < -0.39 is 0 Å². The van der Waals surface area contributed by atoms with Gasteiger partial charge in [0.05, 0.1) is 5.69 Å². The summed E-state index contributed by atoms with van der Waals surface area (Å²) in [6, 6.07) is 84.7. The number of rotatable bonds is 8. The van der Waals surface area contributed by atoms with Crippen molar-refractivity contribution in [1.82, 2.24) is 0 Å². The molecule has 0 saturated carbocycles. The quantitative estimate of drug-likeness (QED) is 0.153. The maximum atomic E-state index is 6.84. The highest BCUT2D eigenvalue weighted by Crippen LogP contribution is 2.47. The summed E-state index contributed by atoms with van der Waals surface area (Å²) < 4.78 is 6.84. The molecule has 11 aromatic rings. The third kappa shape index (κ3) is 6.41. The van der Waals surface area contributed by atoms with Crippen molar-refractivity contribution in [3.8, 4) is 55.6 Å². The van der Waals surface area contributed by atoms with Crippen molar-refractivity contribution < 1.29 is 4.42 Å². The molecule has 0 spiro atoms. The number of hydrogen-bond acceptors (Lipinski definition) is 2. The van der Waals surface area contributed by atoms with Crippen LogP contribution in [0.5, 0.6) is 0 Å². The molecule has 0 bridgehead atoms. The Hall–Kier alpha value is -7.94. The van der Waals surface area contributed by atoms with Crippen LogP contribution in [-0.4, -0.2) is 0 Å². The van der Waals surface area contributed by atoms with Gasteiger partial charge in [-0.3, -0.25) is 0 Å². The lowest BCUT2D eigenvalue weighted by Crippen LogP contribution is -2.10. The van der Waals surface area contributed by atoms with Crippen LogP contribution in [0.25, 0.3) is 88.3 Å². The van der Waals surface area contributed by atoms with Crippen molar-refractivity contribution in [3.05, 3.63) is 237 Å². The minimum Gasteiger partial charge on any atom is -0.455 e. The van der Waals surface area contributed by atoms with Crippen molar-refractivity contribution >= 4 is 49.8 Å². The number of hydrogen-bond donors (Lipinski definition) is 0. The molecule has 282 valence electrons. The smallest absolute Gasteiger partial charge is 0.143 e. The van der Waals surface area contributed by atoms with Crippen LogP contribution in [0, 0.1) is 0 Å². The van der Waals surface area contributed by atoms with E-state index in [-0.39, 0.29) is 0 Å². The SMILES string of the molecule is c1ccc(-c2ccc(-c3ccc(N(c4ccc(-c5ccccc5)cc4)c4cc5c(oc6cccc(-c7cccc(-c8ccccc8)c7)c65)c5ccccc45)cc3)cc2)cc1. The highest BCUT2D eigenvalue weighted by atomic mass is 16.3. The average Bonchev–Trinajstić information content (AvgIpc) is 3.72. The summed E-state index contributed by atoms with van der Waals surface area (Å²) in [5.74, 6) is 0. The van der Waals surface area contributed by atoms with Gasteiger partial charge in [-0.2, -0.15) is 0 Å². The number of benzene rings is 10. The second-order valence-corrected chi connectivity index (χ2v) is 15.3. The molecule has 1 heterocycles. The molecular weight excluding hydrogens is 727 g/mol. The van der Waals surface area contributed by atoms with Gasteiger partial charge in [-0.15, -0.1) is 0 Å². The normalized spacial score (nSPS) is 11.3. The Morgan fingerprint density at radius 3 is 1.25 bits per heavy atom. The first-order valence-corrected chi connectivity index (χ1v) is 20.5. The Morgan fingerprint density at radius 1 is 0.283 bits per heavy atom. The van der Waals surface area contributed by atoms with E-state index in [2.05, 4.69) is 241 Å². The Balaban J connectivity index is 1.08. The fraction of sp³-hybridized carbons (Fsp3) is 0. The molecule has 0 saturated heterocycles. The van der Waals surface area contributed by atoms with Gasteiger partial charge < -0.3 is 9.32 Å². The van der Waals surface area contributed by atoms with Crippen molar-refractivity contribution in [2.75, 3.05) is 4.90 Å². The highest BCUT2D eigenvalue weighted by molar-refractivity contribution is 6.22. The molecule has 10 aromatic carbocycles. The molecule has 60 heavy (non-hydrogen) atoms. The first kappa shape index (κ1) is 35.2. The molecule has 0 radical (unpaired) electrons. The van der Waals surface area contributed by atoms with Gasteiger partial charge in [-0.05, 0) is 98.1 Å². The van der Waals surface area contributed by atoms with E-state index in [1.165, 1.54) is 44.5 Å². The summed E-state index contributed by atoms with van der Waals surface area (Å²) in [6.45, 7) is 0. The van der Waals surface area contributed by atoms with E-state index in [1.54, 1.807) is 0 Å². The van der Waals surface area contributed by atoms with Crippen LogP contribution < -0.4 is 4.90 Å². The van der Waals surface area contributed by atoms with E-state index in [9.17, 15) is 0 Å². The van der Waals surface area contributed by atoms with Crippen LogP contribution in [-0.2, 0) is 0 Å². The standard InChI is InChI=1S/C58H39NO/c1-4-14-40(15-5-1)43-26-28-44(29-27-43)46-32-36-50(37-33-46)59(49-34-30-45(31-35-49)41-16-6-2-7-17-41)55-39-54-57-51(48-21-12-20-47(38-48)42-18-8-3-9-19-42)24-13-25-56(57)60-58(54)53-23-11-10-22-52(53)55/h1-39H. The van der Waals surface area contributed by atoms with Crippen LogP contribution in [0.1, 0.15) is 0 Å². The minimum atomic E-state index is 0.872. The summed E-state index contributed by atoms with van der Waals surface area (Å²) >= 11 is 0. The van der Waals surface area contributed by atoms with Gasteiger partial charge in [-0.25, -0.2) is 0 Å². The number of fused-ring (bicyclic) bond motifs is 5. The predicted molar refractivity (Wildman–Crippen MR) is 253 cm³/mol. The van der Waals surface area contributed by atoms with Gasteiger partial charge >= 0.3 is 0 Å². The maximum Gasteiger partial charge on any atom is 0.143 e. The number of anilines is 3. The maximum absolute atomic E-state index is 6.84. The first-order chi connectivity index (χ1) is 29.7. The van der Waals surface area contributed by atoms with Crippen LogP contribution in [0.2, 0.25) is 0 Å². The van der Waals surface area contributed by atoms with Gasteiger partial charge in [-0.1, -0.05) is 194 Å². The van der Waals surface area contributed by atoms with E-state index in [4.69, 9.17) is 4.42 Å². The molecule has 0 unspecified atom stereocenters. The van der Waals surface area contributed by atoms with E-state index in [1.807, 2.05) is 0 Å². The van der Waals surface area contributed by atoms with Crippen molar-refractivity contribution in [2.45, 2.75) is 0 Å². The molecule has 2 nitrogen and oxygen atoms in total. The molecule has 0 fully saturated rings. The van der Waals surface area contributed by atoms with Crippen molar-refractivity contribution in [3.63, 3.8) is 0 Å². The molecule has 0 N–H and O–H groups in total. The van der Waals surface area contributed by atoms with E-state index in [0.717, 1.165) is 60.9 Å². The Morgan fingerprint density at radius 2 is 0.700 bits per heavy atom. The number of furan rings is 1. The largest absolute Gasteiger partial charge is 0.455 e. The zero-order chi connectivity index (χ0) is 39.8. The Bertz CT molecular complexity index is 3260. The summed E-state index contributed by atoms with van der Waals surface area (Å²) in [5.41, 5.74) is 16.8. The molecule has 0 amide bonds. The lowest BCUT2D eigenvalue weighted by Gasteiger charge is -2.27. The highest BCUT2D eigenvalue weighted by Gasteiger charge is 2.22. The van der Waals surface area contributed by atoms with Crippen LogP contribution in [0.4, 0.5) is 17.1 Å². The van der Waals surface area contributed by atoms with Gasteiger partial charge in [0.15, 0.2) is 0 Å². The average molecular weight is 766 g/mol. The zero-order valence-electron chi connectivity index (χ0n) is 32.9. The van der Waals surface area contributed by atoms with Crippen LogP contribution >= 0.6 is 0 Å². The van der Waals surface area contributed by atoms with E-state index >= 15 is 0 Å². The molecule has 0 aliphatic carbocycles. The van der Waals surface area contributed by atoms with E-state index in [0.29, 0.717) is 0 Å². The first-order valence-electron chi connectivity index (χ1n) is 20.5. The minimum absolute atomic E-state index is 0.872. The third-order valence-electron chi connectivity index (χ3n) is 11.7. The fourth-order valence-corrected chi connectivity index (χ4v) is 8.70. The summed E-state index contributed by atoms with van der Waals surface area (Å²) in [4.78, 5) is 2.40. The fourth-order valence-electron chi connectivity index (χ4n) is 8.70. The van der Waals surface area contributed by atoms with Gasteiger partial charge in [0, 0.05) is 32.9 Å². The molecule has 0 aliphatic rings. The summed E-state index contributed by atoms with van der Waals surface area (Å²) in [6.07, 6.45) is 0. The second kappa shape index (κ2) is 15.1. The monoisotopic (exact) mass is 765 g/mol. The third-order valence-corrected chi connectivity index (χ3v) is 11.7. The molecular formula is C58H39NO. The topological polar surface area (TPSA) is 16.4 Å². The number of nitrogens with zero attached hydrogens (tertiary/aromatic N) is 1. The van der Waals surface area contributed by atoms with Crippen molar-refractivity contribution in [1.29, 1.82) is 0 Å². The van der Waals surface area contributed by atoms with Gasteiger partial charge in [0.1, 0.15) is 11.2 Å². The predicted octanol–water partition coefficient (Wildman–Crippen LogP) is 16.5. The van der Waals surface area contributed by atoms with Crippen LogP contribution in [0.3, 0.4) is 0 Å². The van der Waals surface area contributed by atoms with Gasteiger partial charge in [0.25, 0.3) is 0 Å². The molecule has 1 aromatic heterocycles. The van der Waals surface area contributed by atoms with Crippen molar-refractivity contribution in [2.24, 2.45) is 0 Å². The van der Waals surface area contributed by atoms with Gasteiger partial charge in [0.2, 0.25) is 0 Å². The molecule has 0 atom stereocenters. The molecule has 11 rings (SSSR count). The summed E-state index contributed by atoms with van der Waals surface area (Å²) in [5, 5.41) is 4.38. The lowest BCUT2D eigenvalue weighted by atomic mass is 9.94. The summed E-state index contributed by atoms with van der Waals surface area (Å²) in [7, 11) is 0. The molecule has 2 heteroatoms. The Labute approximate surface area is 349 Å². The van der Waals surface area contributed by atoms with Crippen LogP contribution in [0.15, 0.2) is 241 Å². The Kier molecular flexibility index (Phi) is 8.87.